The van der Waals surface area contributed by atoms with Crippen LogP contribution >= 0.6 is 12.4 Å². The van der Waals surface area contributed by atoms with Crippen molar-refractivity contribution >= 4 is 18.3 Å². The molecule has 1 N–H and O–H groups in total. The maximum atomic E-state index is 12.2. The van der Waals surface area contributed by atoms with Crippen molar-refractivity contribution in [1.82, 2.24) is 10.2 Å². The van der Waals surface area contributed by atoms with Crippen LogP contribution in [0.2, 0.25) is 0 Å². The molecule has 2 fully saturated rings. The molecule has 3 nitrogen and oxygen atoms in total. The second kappa shape index (κ2) is 7.34. The lowest BCUT2D eigenvalue weighted by Gasteiger charge is -2.28. The van der Waals surface area contributed by atoms with Crippen molar-refractivity contribution in [3.8, 4) is 0 Å². The molecule has 4 heteroatoms. The van der Waals surface area contributed by atoms with Crippen LogP contribution in [0.1, 0.15) is 46.0 Å². The van der Waals surface area contributed by atoms with E-state index < -0.39 is 0 Å². The van der Waals surface area contributed by atoms with E-state index >= 15 is 0 Å². The summed E-state index contributed by atoms with van der Waals surface area (Å²) in [6.45, 7) is 7.71. The molecule has 0 radical (unpaired) electrons. The molecular formula is C14H27ClN2O. The number of nitrogens with zero attached hydrogens (tertiary/aromatic N) is 1. The molecule has 0 saturated carbocycles. The summed E-state index contributed by atoms with van der Waals surface area (Å²) in [5.41, 5.74) is 0. The maximum Gasteiger partial charge on any atom is 0.222 e. The number of carbonyl (C=O) groups is 1. The fourth-order valence-corrected chi connectivity index (χ4v) is 3.23. The molecule has 0 aliphatic carbocycles. The Morgan fingerprint density at radius 1 is 1.39 bits per heavy atom. The SMILES string of the molecule is CC(C)C1CCCN1C(=O)CCC1CCNC1.Cl. The summed E-state index contributed by atoms with van der Waals surface area (Å²) in [6.07, 6.45) is 5.48. The third kappa shape index (κ3) is 3.86. The van der Waals surface area contributed by atoms with Gasteiger partial charge >= 0.3 is 0 Å². The van der Waals surface area contributed by atoms with Crippen LogP contribution in [0.4, 0.5) is 0 Å². The zero-order valence-electron chi connectivity index (χ0n) is 11.7. The van der Waals surface area contributed by atoms with Crippen LogP contribution in [0.3, 0.4) is 0 Å². The number of rotatable bonds is 4. The first-order valence-electron chi connectivity index (χ1n) is 7.18. The Kier molecular flexibility index (Phi) is 6.44. The summed E-state index contributed by atoms with van der Waals surface area (Å²) in [5.74, 6) is 1.74. The molecule has 106 valence electrons. The van der Waals surface area contributed by atoms with E-state index in [1.54, 1.807) is 0 Å². The molecule has 0 aromatic heterocycles. The van der Waals surface area contributed by atoms with E-state index in [2.05, 4.69) is 24.1 Å². The van der Waals surface area contributed by atoms with E-state index in [4.69, 9.17) is 0 Å². The van der Waals surface area contributed by atoms with Crippen LogP contribution in [-0.4, -0.2) is 36.5 Å². The lowest BCUT2D eigenvalue weighted by molar-refractivity contribution is -0.133. The van der Waals surface area contributed by atoms with Crippen LogP contribution in [0.15, 0.2) is 0 Å². The predicted octanol–water partition coefficient (Wildman–Crippen LogP) is 2.44. The standard InChI is InChI=1S/C14H26N2O.ClH/c1-11(2)13-4-3-9-16(13)14(17)6-5-12-7-8-15-10-12;/h11-13,15H,3-10H2,1-2H3;1H. The van der Waals surface area contributed by atoms with Gasteiger partial charge in [0, 0.05) is 19.0 Å². The first-order chi connectivity index (χ1) is 8.18. The largest absolute Gasteiger partial charge is 0.339 e. The first kappa shape index (κ1) is 15.8. The Labute approximate surface area is 117 Å². The normalized spacial score (nSPS) is 27.6. The molecule has 0 aromatic rings. The van der Waals surface area contributed by atoms with Gasteiger partial charge < -0.3 is 10.2 Å². The topological polar surface area (TPSA) is 32.3 Å². The molecule has 2 heterocycles. The van der Waals surface area contributed by atoms with Gasteiger partial charge in [0.1, 0.15) is 0 Å². The average Bonchev–Trinajstić information content (AvgIpc) is 2.96. The fourth-order valence-electron chi connectivity index (χ4n) is 3.23. The molecule has 1 amide bonds. The quantitative estimate of drug-likeness (QED) is 0.854. The van der Waals surface area contributed by atoms with Gasteiger partial charge in [-0.05, 0) is 50.6 Å². The van der Waals surface area contributed by atoms with Crippen molar-refractivity contribution in [1.29, 1.82) is 0 Å². The Bertz CT molecular complexity index is 265. The number of nitrogens with one attached hydrogen (secondary N) is 1. The molecule has 2 unspecified atom stereocenters. The van der Waals surface area contributed by atoms with Gasteiger partial charge in [-0.15, -0.1) is 12.4 Å². The van der Waals surface area contributed by atoms with Gasteiger partial charge in [-0.25, -0.2) is 0 Å². The minimum absolute atomic E-state index is 0. The summed E-state index contributed by atoms with van der Waals surface area (Å²) < 4.78 is 0. The Hall–Kier alpha value is -0.280. The highest BCUT2D eigenvalue weighted by Crippen LogP contribution is 2.25. The van der Waals surface area contributed by atoms with E-state index in [0.29, 0.717) is 17.9 Å². The lowest BCUT2D eigenvalue weighted by atomic mass is 10.00. The van der Waals surface area contributed by atoms with Crippen LogP contribution in [0, 0.1) is 11.8 Å². The summed E-state index contributed by atoms with van der Waals surface area (Å²) in [6, 6.07) is 0.504. The lowest BCUT2D eigenvalue weighted by Crippen LogP contribution is -2.38. The van der Waals surface area contributed by atoms with E-state index in [1.165, 1.54) is 19.3 Å². The number of likely N-dealkylation sites (tertiary alicyclic amines) is 1. The Balaban J connectivity index is 0.00000162. The number of hydrogen-bond acceptors (Lipinski definition) is 2. The minimum atomic E-state index is 0. The highest BCUT2D eigenvalue weighted by molar-refractivity contribution is 5.85. The third-order valence-corrected chi connectivity index (χ3v) is 4.32. The molecular weight excluding hydrogens is 248 g/mol. The van der Waals surface area contributed by atoms with Gasteiger partial charge in [0.05, 0.1) is 0 Å². The maximum absolute atomic E-state index is 12.2. The van der Waals surface area contributed by atoms with Crippen molar-refractivity contribution < 1.29 is 4.79 Å². The Morgan fingerprint density at radius 2 is 2.17 bits per heavy atom. The molecule has 2 aliphatic rings. The molecule has 2 rings (SSSR count). The zero-order valence-corrected chi connectivity index (χ0v) is 12.5. The number of carbonyl (C=O) groups excluding carboxylic acids is 1. The highest BCUT2D eigenvalue weighted by atomic mass is 35.5. The molecule has 18 heavy (non-hydrogen) atoms. The molecule has 2 atom stereocenters. The van der Waals surface area contributed by atoms with Gasteiger partial charge in [0.15, 0.2) is 0 Å². The smallest absolute Gasteiger partial charge is 0.222 e. The van der Waals surface area contributed by atoms with E-state index in [-0.39, 0.29) is 12.4 Å². The third-order valence-electron chi connectivity index (χ3n) is 4.32. The summed E-state index contributed by atoms with van der Waals surface area (Å²) in [7, 11) is 0. The molecule has 2 saturated heterocycles. The summed E-state index contributed by atoms with van der Waals surface area (Å²) in [5, 5.41) is 3.37. The van der Waals surface area contributed by atoms with Crippen LogP contribution in [-0.2, 0) is 4.79 Å². The van der Waals surface area contributed by atoms with E-state index in [9.17, 15) is 4.79 Å². The second-order valence-corrected chi connectivity index (χ2v) is 5.94. The van der Waals surface area contributed by atoms with Crippen LogP contribution in [0.5, 0.6) is 0 Å². The van der Waals surface area contributed by atoms with Gasteiger partial charge in [-0.2, -0.15) is 0 Å². The van der Waals surface area contributed by atoms with Crippen LogP contribution in [0.25, 0.3) is 0 Å². The van der Waals surface area contributed by atoms with E-state index in [0.717, 1.165) is 38.4 Å². The van der Waals surface area contributed by atoms with Gasteiger partial charge in [-0.1, -0.05) is 13.8 Å². The molecule has 0 aromatic carbocycles. The number of halogens is 1. The van der Waals surface area contributed by atoms with E-state index in [1.807, 2.05) is 0 Å². The van der Waals surface area contributed by atoms with Crippen LogP contribution < -0.4 is 5.32 Å². The molecule has 0 bridgehead atoms. The Morgan fingerprint density at radius 3 is 2.78 bits per heavy atom. The van der Waals surface area contributed by atoms with Gasteiger partial charge in [0.25, 0.3) is 0 Å². The molecule has 2 aliphatic heterocycles. The van der Waals surface area contributed by atoms with Crippen molar-refractivity contribution in [2.75, 3.05) is 19.6 Å². The predicted molar refractivity (Wildman–Crippen MR) is 77.0 cm³/mol. The summed E-state index contributed by atoms with van der Waals surface area (Å²) in [4.78, 5) is 14.4. The van der Waals surface area contributed by atoms with Gasteiger partial charge in [0.2, 0.25) is 5.91 Å². The van der Waals surface area contributed by atoms with Crippen molar-refractivity contribution in [3.63, 3.8) is 0 Å². The van der Waals surface area contributed by atoms with Crippen molar-refractivity contribution in [3.05, 3.63) is 0 Å². The molecule has 0 spiro atoms. The van der Waals surface area contributed by atoms with Crippen molar-refractivity contribution in [2.24, 2.45) is 11.8 Å². The monoisotopic (exact) mass is 274 g/mol. The number of hydrogen-bond donors (Lipinski definition) is 1. The van der Waals surface area contributed by atoms with Crippen molar-refractivity contribution in [2.45, 2.75) is 52.0 Å². The minimum Gasteiger partial charge on any atom is -0.339 e. The first-order valence-corrected chi connectivity index (χ1v) is 7.18. The summed E-state index contributed by atoms with van der Waals surface area (Å²) >= 11 is 0. The number of amides is 1. The zero-order chi connectivity index (χ0) is 12.3. The second-order valence-electron chi connectivity index (χ2n) is 5.94. The average molecular weight is 275 g/mol. The van der Waals surface area contributed by atoms with Gasteiger partial charge in [-0.3, -0.25) is 4.79 Å². The fraction of sp³-hybridized carbons (Fsp3) is 0.929. The highest BCUT2D eigenvalue weighted by Gasteiger charge is 2.30.